The fourth-order valence-electron chi connectivity index (χ4n) is 3.38. The SMILES string of the molecule is C=CCSc1nnc2c(n1)O[C@@H](c1ccccc1OC(C)=O)N(C(C)=O)c1ccccc1-2. The quantitative estimate of drug-likeness (QED) is 0.248. The first-order chi connectivity index (χ1) is 15.5. The first-order valence-corrected chi connectivity index (χ1v) is 10.8. The molecule has 0 bridgehead atoms. The summed E-state index contributed by atoms with van der Waals surface area (Å²) in [6.07, 6.45) is 0.797. The fraction of sp³-hybridized carbons (Fsp3) is 0.174. The molecule has 2 aromatic carbocycles. The summed E-state index contributed by atoms with van der Waals surface area (Å²) in [6.45, 7) is 6.47. The van der Waals surface area contributed by atoms with Crippen LogP contribution in [0, 0.1) is 0 Å². The second kappa shape index (κ2) is 9.19. The summed E-state index contributed by atoms with van der Waals surface area (Å²) in [5.41, 5.74) is 2.16. The maximum atomic E-state index is 12.9. The van der Waals surface area contributed by atoms with Gasteiger partial charge in [-0.15, -0.1) is 16.8 Å². The number of amides is 1. The molecule has 0 fully saturated rings. The lowest BCUT2D eigenvalue weighted by Gasteiger charge is -2.30. The van der Waals surface area contributed by atoms with Crippen LogP contribution in [0.2, 0.25) is 0 Å². The van der Waals surface area contributed by atoms with Gasteiger partial charge in [0.2, 0.25) is 23.2 Å². The van der Waals surface area contributed by atoms with Crippen molar-refractivity contribution in [1.29, 1.82) is 0 Å². The molecule has 0 aliphatic carbocycles. The smallest absolute Gasteiger partial charge is 0.308 e. The molecule has 0 unspecified atom stereocenters. The van der Waals surface area contributed by atoms with Gasteiger partial charge >= 0.3 is 5.97 Å². The molecule has 0 N–H and O–H groups in total. The van der Waals surface area contributed by atoms with Gasteiger partial charge in [0, 0.05) is 25.2 Å². The first-order valence-electron chi connectivity index (χ1n) is 9.81. The lowest BCUT2D eigenvalue weighted by molar-refractivity contribution is -0.132. The minimum atomic E-state index is -0.945. The zero-order chi connectivity index (χ0) is 22.7. The number of rotatable bonds is 5. The summed E-state index contributed by atoms with van der Waals surface area (Å²) in [4.78, 5) is 30.6. The number of fused-ring (bicyclic) bond motifs is 3. The molecule has 3 aromatic rings. The van der Waals surface area contributed by atoms with Crippen LogP contribution in [0.15, 0.2) is 66.3 Å². The number of carbonyl (C=O) groups is 2. The molecule has 8 nitrogen and oxygen atoms in total. The van der Waals surface area contributed by atoms with Gasteiger partial charge in [-0.3, -0.25) is 14.5 Å². The lowest BCUT2D eigenvalue weighted by Crippen LogP contribution is -2.36. The Labute approximate surface area is 189 Å². The van der Waals surface area contributed by atoms with Crippen molar-refractivity contribution in [3.8, 4) is 22.9 Å². The van der Waals surface area contributed by atoms with Gasteiger partial charge in [-0.2, -0.15) is 4.98 Å². The van der Waals surface area contributed by atoms with Crippen LogP contribution in [0.1, 0.15) is 25.6 Å². The predicted octanol–water partition coefficient (Wildman–Crippen LogP) is 4.19. The molecule has 0 saturated carbocycles. The fourth-order valence-corrected chi connectivity index (χ4v) is 3.89. The second-order valence-electron chi connectivity index (χ2n) is 6.86. The summed E-state index contributed by atoms with van der Waals surface area (Å²) < 4.78 is 11.7. The zero-order valence-corrected chi connectivity index (χ0v) is 18.3. The Morgan fingerprint density at radius 3 is 2.66 bits per heavy atom. The molecule has 162 valence electrons. The van der Waals surface area contributed by atoms with Crippen LogP contribution < -0.4 is 14.4 Å². The predicted molar refractivity (Wildman–Crippen MR) is 120 cm³/mol. The molecule has 32 heavy (non-hydrogen) atoms. The van der Waals surface area contributed by atoms with Crippen LogP contribution >= 0.6 is 11.8 Å². The minimum Gasteiger partial charge on any atom is -0.447 e. The van der Waals surface area contributed by atoms with E-state index in [4.69, 9.17) is 9.47 Å². The van der Waals surface area contributed by atoms with Crippen molar-refractivity contribution in [3.05, 3.63) is 66.7 Å². The van der Waals surface area contributed by atoms with E-state index >= 15 is 0 Å². The third kappa shape index (κ3) is 4.19. The zero-order valence-electron chi connectivity index (χ0n) is 17.5. The van der Waals surface area contributed by atoms with Gasteiger partial charge in [0.05, 0.1) is 11.3 Å². The number of para-hydroxylation sites is 2. The number of ether oxygens (including phenoxy) is 2. The monoisotopic (exact) mass is 448 g/mol. The average molecular weight is 449 g/mol. The van der Waals surface area contributed by atoms with E-state index in [2.05, 4.69) is 21.8 Å². The highest BCUT2D eigenvalue weighted by Crippen LogP contribution is 2.44. The van der Waals surface area contributed by atoms with Crippen LogP contribution in [0.4, 0.5) is 5.69 Å². The van der Waals surface area contributed by atoms with Gasteiger partial charge < -0.3 is 9.47 Å². The molecule has 2 heterocycles. The normalized spacial score (nSPS) is 14.4. The van der Waals surface area contributed by atoms with Crippen LogP contribution in [0.25, 0.3) is 11.3 Å². The number of anilines is 1. The highest BCUT2D eigenvalue weighted by molar-refractivity contribution is 7.99. The molecule has 9 heteroatoms. The summed E-state index contributed by atoms with van der Waals surface area (Å²) in [5, 5.41) is 8.97. The van der Waals surface area contributed by atoms with E-state index in [1.54, 1.807) is 36.4 Å². The van der Waals surface area contributed by atoms with Gasteiger partial charge in [-0.25, -0.2) is 0 Å². The van der Waals surface area contributed by atoms with Crippen LogP contribution in [0.3, 0.4) is 0 Å². The van der Waals surface area contributed by atoms with E-state index in [-0.39, 0.29) is 11.8 Å². The Morgan fingerprint density at radius 1 is 1.16 bits per heavy atom. The van der Waals surface area contributed by atoms with Crippen molar-refractivity contribution in [2.75, 3.05) is 10.7 Å². The molecule has 1 amide bonds. The van der Waals surface area contributed by atoms with Crippen molar-refractivity contribution in [1.82, 2.24) is 15.2 Å². The van der Waals surface area contributed by atoms with Crippen LogP contribution in [-0.2, 0) is 9.59 Å². The largest absolute Gasteiger partial charge is 0.447 e. The molecule has 0 radical (unpaired) electrons. The van der Waals surface area contributed by atoms with E-state index in [0.717, 1.165) is 0 Å². The minimum absolute atomic E-state index is 0.227. The Hall–Kier alpha value is -3.72. The Kier molecular flexibility index (Phi) is 6.18. The summed E-state index contributed by atoms with van der Waals surface area (Å²) in [5.74, 6) is 0.385. The molecule has 0 spiro atoms. The molecular weight excluding hydrogens is 428 g/mol. The van der Waals surface area contributed by atoms with Crippen molar-refractivity contribution in [2.45, 2.75) is 25.2 Å². The second-order valence-corrected chi connectivity index (χ2v) is 7.84. The molecule has 4 rings (SSSR count). The third-order valence-corrected chi connectivity index (χ3v) is 5.45. The third-order valence-electron chi connectivity index (χ3n) is 4.62. The van der Waals surface area contributed by atoms with E-state index < -0.39 is 12.2 Å². The number of hydrogen-bond acceptors (Lipinski definition) is 8. The number of carbonyl (C=O) groups excluding carboxylic acids is 2. The Morgan fingerprint density at radius 2 is 1.91 bits per heavy atom. The van der Waals surface area contributed by atoms with E-state index in [0.29, 0.717) is 39.2 Å². The summed E-state index contributed by atoms with van der Waals surface area (Å²) in [6, 6.07) is 14.2. The molecule has 1 aromatic heterocycles. The lowest BCUT2D eigenvalue weighted by atomic mass is 10.1. The highest BCUT2D eigenvalue weighted by Gasteiger charge is 2.36. The number of benzene rings is 2. The number of nitrogens with zero attached hydrogens (tertiary/aromatic N) is 4. The number of hydrogen-bond donors (Lipinski definition) is 0. The standard InChI is InChI=1S/C23H20N4O4S/c1-4-13-32-23-24-21-20(25-26-23)16-9-5-7-11-18(16)27(14(2)28)22(31-21)17-10-6-8-12-19(17)30-15(3)29/h4-12,22H,1,13H2,2-3H3/t22-/m0/s1. The molecule has 1 aliphatic heterocycles. The van der Waals surface area contributed by atoms with Crippen LogP contribution in [0.5, 0.6) is 11.6 Å². The Bertz CT molecular complexity index is 1200. The summed E-state index contributed by atoms with van der Waals surface area (Å²) in [7, 11) is 0. The number of thioether (sulfide) groups is 1. The van der Waals surface area contributed by atoms with E-state index in [9.17, 15) is 9.59 Å². The number of aromatic nitrogens is 3. The maximum Gasteiger partial charge on any atom is 0.308 e. The van der Waals surface area contributed by atoms with E-state index in [1.807, 2.05) is 18.2 Å². The van der Waals surface area contributed by atoms with Gasteiger partial charge in [0.15, 0.2) is 5.69 Å². The topological polar surface area (TPSA) is 94.5 Å². The maximum absolute atomic E-state index is 12.9. The van der Waals surface area contributed by atoms with Gasteiger partial charge in [-0.1, -0.05) is 48.2 Å². The van der Waals surface area contributed by atoms with Gasteiger partial charge in [-0.05, 0) is 18.2 Å². The molecule has 0 saturated heterocycles. The van der Waals surface area contributed by atoms with Crippen LogP contribution in [-0.4, -0.2) is 32.8 Å². The first kappa shape index (κ1) is 21.5. The highest BCUT2D eigenvalue weighted by atomic mass is 32.2. The molecule has 1 atom stereocenters. The van der Waals surface area contributed by atoms with Crippen molar-refractivity contribution >= 4 is 29.3 Å². The molecule has 1 aliphatic rings. The summed E-state index contributed by atoms with van der Waals surface area (Å²) >= 11 is 1.36. The average Bonchev–Trinajstić information content (AvgIpc) is 2.92. The van der Waals surface area contributed by atoms with Gasteiger partial charge in [0.25, 0.3) is 0 Å². The number of esters is 1. The Balaban J connectivity index is 1.93. The van der Waals surface area contributed by atoms with Gasteiger partial charge in [0.1, 0.15) is 5.75 Å². The van der Waals surface area contributed by atoms with E-state index in [1.165, 1.54) is 30.5 Å². The molecular formula is C23H20N4O4S. The van der Waals surface area contributed by atoms with Crippen molar-refractivity contribution in [3.63, 3.8) is 0 Å². The van der Waals surface area contributed by atoms with Crippen molar-refractivity contribution in [2.24, 2.45) is 0 Å². The van der Waals surface area contributed by atoms with Crippen molar-refractivity contribution < 1.29 is 19.1 Å².